The molecular formula is C11H22N2. The van der Waals surface area contributed by atoms with Gasteiger partial charge in [0, 0.05) is 18.6 Å². The minimum atomic E-state index is 0.764. The van der Waals surface area contributed by atoms with Gasteiger partial charge in [0.15, 0.2) is 0 Å². The molecule has 2 N–H and O–H groups in total. The molecule has 1 saturated heterocycles. The number of piperidine rings is 1. The van der Waals surface area contributed by atoms with Gasteiger partial charge in [-0.15, -0.1) is 0 Å². The van der Waals surface area contributed by atoms with E-state index in [1.165, 1.54) is 45.2 Å². The van der Waals surface area contributed by atoms with Crippen LogP contribution in [0.2, 0.25) is 0 Å². The van der Waals surface area contributed by atoms with E-state index >= 15 is 0 Å². The lowest BCUT2D eigenvalue weighted by Crippen LogP contribution is -2.44. The van der Waals surface area contributed by atoms with Crippen LogP contribution in [0, 0.1) is 5.92 Å². The number of nitrogens with one attached hydrogen (secondary N) is 2. The average Bonchev–Trinajstić information content (AvgIpc) is 2.86. The summed E-state index contributed by atoms with van der Waals surface area (Å²) in [4.78, 5) is 0. The highest BCUT2D eigenvalue weighted by Crippen LogP contribution is 2.35. The highest BCUT2D eigenvalue weighted by Gasteiger charge is 2.37. The number of hydrogen-bond acceptors (Lipinski definition) is 2. The topological polar surface area (TPSA) is 24.1 Å². The first-order valence-electron chi connectivity index (χ1n) is 5.87. The highest BCUT2D eigenvalue weighted by molar-refractivity contribution is 4.95. The molecule has 0 amide bonds. The van der Waals surface area contributed by atoms with Crippen LogP contribution < -0.4 is 10.6 Å². The zero-order chi connectivity index (χ0) is 9.10. The molecule has 1 aliphatic carbocycles. The molecule has 2 nitrogen and oxygen atoms in total. The van der Waals surface area contributed by atoms with E-state index in [0.29, 0.717) is 0 Å². The summed E-state index contributed by atoms with van der Waals surface area (Å²) in [5.74, 6) is 1.01. The van der Waals surface area contributed by atoms with Crippen LogP contribution in [0.5, 0.6) is 0 Å². The van der Waals surface area contributed by atoms with Crippen LogP contribution in [0.25, 0.3) is 0 Å². The van der Waals surface area contributed by atoms with Crippen LogP contribution in [0.1, 0.15) is 39.0 Å². The fraction of sp³-hybridized carbons (Fsp3) is 1.00. The summed E-state index contributed by atoms with van der Waals surface area (Å²) in [6, 6.07) is 1.63. The molecular weight excluding hydrogens is 160 g/mol. The average molecular weight is 182 g/mol. The second-order valence-electron chi connectivity index (χ2n) is 4.60. The van der Waals surface area contributed by atoms with E-state index in [1.54, 1.807) is 0 Å². The first-order chi connectivity index (χ1) is 6.40. The van der Waals surface area contributed by atoms with Crippen molar-refractivity contribution < 1.29 is 0 Å². The Hall–Kier alpha value is -0.0800. The van der Waals surface area contributed by atoms with Crippen molar-refractivity contribution in [2.45, 2.75) is 51.1 Å². The molecule has 3 atom stereocenters. The molecule has 1 aliphatic heterocycles. The van der Waals surface area contributed by atoms with Crippen LogP contribution in [0.4, 0.5) is 0 Å². The SMILES string of the molecule is CCCC1CC1NC1CCCNC1. The third-order valence-electron chi connectivity index (χ3n) is 3.33. The second-order valence-corrected chi connectivity index (χ2v) is 4.60. The van der Waals surface area contributed by atoms with Crippen LogP contribution in [0.3, 0.4) is 0 Å². The maximum atomic E-state index is 3.77. The Bertz CT molecular complexity index is 152. The molecule has 13 heavy (non-hydrogen) atoms. The molecule has 2 heteroatoms. The lowest BCUT2D eigenvalue weighted by Gasteiger charge is -2.24. The second kappa shape index (κ2) is 4.43. The third-order valence-corrected chi connectivity index (χ3v) is 3.33. The smallest absolute Gasteiger partial charge is 0.0195 e. The van der Waals surface area contributed by atoms with Gasteiger partial charge in [0.2, 0.25) is 0 Å². The van der Waals surface area contributed by atoms with Crippen molar-refractivity contribution >= 4 is 0 Å². The van der Waals surface area contributed by atoms with Gasteiger partial charge >= 0.3 is 0 Å². The van der Waals surface area contributed by atoms with E-state index in [1.807, 2.05) is 0 Å². The molecule has 0 aromatic rings. The van der Waals surface area contributed by atoms with Gasteiger partial charge in [0.1, 0.15) is 0 Å². The van der Waals surface area contributed by atoms with Gasteiger partial charge in [-0.25, -0.2) is 0 Å². The molecule has 2 aliphatic rings. The molecule has 0 radical (unpaired) electrons. The summed E-state index contributed by atoms with van der Waals surface area (Å²) in [5.41, 5.74) is 0. The first-order valence-corrected chi connectivity index (χ1v) is 5.87. The van der Waals surface area contributed by atoms with Gasteiger partial charge in [0.05, 0.1) is 0 Å². The standard InChI is InChI=1S/C11H22N2/c1-2-4-9-7-11(9)13-10-5-3-6-12-8-10/h9-13H,2-8H2,1H3. The lowest BCUT2D eigenvalue weighted by molar-refractivity contribution is 0.380. The lowest BCUT2D eigenvalue weighted by atomic mass is 10.1. The minimum Gasteiger partial charge on any atom is -0.315 e. The molecule has 0 aromatic carbocycles. The molecule has 2 rings (SSSR count). The van der Waals surface area contributed by atoms with Gasteiger partial charge in [-0.2, -0.15) is 0 Å². The predicted octanol–water partition coefficient (Wildman–Crippen LogP) is 1.52. The van der Waals surface area contributed by atoms with E-state index < -0.39 is 0 Å². The Morgan fingerprint density at radius 3 is 3.08 bits per heavy atom. The molecule has 1 saturated carbocycles. The fourth-order valence-corrected chi connectivity index (χ4v) is 2.44. The van der Waals surface area contributed by atoms with Crippen LogP contribution in [-0.4, -0.2) is 25.2 Å². The Labute approximate surface area is 81.5 Å². The van der Waals surface area contributed by atoms with Crippen molar-refractivity contribution in [2.75, 3.05) is 13.1 Å². The number of rotatable bonds is 4. The summed E-state index contributed by atoms with van der Waals surface area (Å²) in [5, 5.41) is 7.22. The Kier molecular flexibility index (Phi) is 3.23. The van der Waals surface area contributed by atoms with Crippen LogP contribution in [-0.2, 0) is 0 Å². The number of hydrogen-bond donors (Lipinski definition) is 2. The van der Waals surface area contributed by atoms with Gasteiger partial charge < -0.3 is 10.6 Å². The summed E-state index contributed by atoms with van der Waals surface area (Å²) >= 11 is 0. The molecule has 76 valence electrons. The van der Waals surface area contributed by atoms with E-state index in [4.69, 9.17) is 0 Å². The fourth-order valence-electron chi connectivity index (χ4n) is 2.44. The third kappa shape index (κ3) is 2.68. The van der Waals surface area contributed by atoms with E-state index in [9.17, 15) is 0 Å². The largest absolute Gasteiger partial charge is 0.315 e. The van der Waals surface area contributed by atoms with Crippen molar-refractivity contribution in [1.29, 1.82) is 0 Å². The quantitative estimate of drug-likeness (QED) is 0.689. The van der Waals surface area contributed by atoms with Crippen molar-refractivity contribution in [1.82, 2.24) is 10.6 Å². The van der Waals surface area contributed by atoms with Crippen molar-refractivity contribution in [3.63, 3.8) is 0 Å². The zero-order valence-electron chi connectivity index (χ0n) is 8.68. The minimum absolute atomic E-state index is 0.764. The van der Waals surface area contributed by atoms with Gasteiger partial charge in [-0.05, 0) is 38.1 Å². The van der Waals surface area contributed by atoms with Gasteiger partial charge in [-0.1, -0.05) is 13.3 Å². The summed E-state index contributed by atoms with van der Waals surface area (Å²) in [6.45, 7) is 4.70. The first kappa shape index (κ1) is 9.47. The summed E-state index contributed by atoms with van der Waals surface area (Å²) in [7, 11) is 0. The molecule has 3 unspecified atom stereocenters. The molecule has 0 aromatic heterocycles. The van der Waals surface area contributed by atoms with Crippen LogP contribution >= 0.6 is 0 Å². The molecule has 2 fully saturated rings. The summed E-state index contributed by atoms with van der Waals surface area (Å²) in [6.07, 6.45) is 6.94. The normalized spacial score (nSPS) is 39.0. The molecule has 0 spiro atoms. The maximum Gasteiger partial charge on any atom is 0.0195 e. The molecule has 0 bridgehead atoms. The Morgan fingerprint density at radius 1 is 1.46 bits per heavy atom. The van der Waals surface area contributed by atoms with Gasteiger partial charge in [-0.3, -0.25) is 0 Å². The molecule has 1 heterocycles. The van der Waals surface area contributed by atoms with Crippen molar-refractivity contribution in [3.05, 3.63) is 0 Å². The van der Waals surface area contributed by atoms with Crippen LogP contribution in [0.15, 0.2) is 0 Å². The maximum absolute atomic E-state index is 3.77. The van der Waals surface area contributed by atoms with E-state index in [-0.39, 0.29) is 0 Å². The predicted molar refractivity (Wildman–Crippen MR) is 55.8 cm³/mol. The highest BCUT2D eigenvalue weighted by atomic mass is 15.1. The van der Waals surface area contributed by atoms with Crippen molar-refractivity contribution in [3.8, 4) is 0 Å². The summed E-state index contributed by atoms with van der Waals surface area (Å²) < 4.78 is 0. The van der Waals surface area contributed by atoms with E-state index in [2.05, 4.69) is 17.6 Å². The monoisotopic (exact) mass is 182 g/mol. The zero-order valence-corrected chi connectivity index (χ0v) is 8.68. The van der Waals surface area contributed by atoms with Crippen molar-refractivity contribution in [2.24, 2.45) is 5.92 Å². The Balaban J connectivity index is 1.62. The van der Waals surface area contributed by atoms with Gasteiger partial charge in [0.25, 0.3) is 0 Å². The van der Waals surface area contributed by atoms with E-state index in [0.717, 1.165) is 18.0 Å². The Morgan fingerprint density at radius 2 is 2.38 bits per heavy atom.